The van der Waals surface area contributed by atoms with Crippen LogP contribution < -0.4 is 0 Å². The molecule has 0 amide bonds. The van der Waals surface area contributed by atoms with Crippen LogP contribution in [0.1, 0.15) is 27.9 Å². The highest BCUT2D eigenvalue weighted by atomic mass is 79.9. The summed E-state index contributed by atoms with van der Waals surface area (Å²) < 4.78 is 32.7. The fourth-order valence-corrected chi connectivity index (χ4v) is 3.41. The summed E-state index contributed by atoms with van der Waals surface area (Å²) in [6.07, 6.45) is -0.118. The van der Waals surface area contributed by atoms with Crippen LogP contribution in [0.5, 0.6) is 0 Å². The Balaban J connectivity index is 1.65. The predicted molar refractivity (Wildman–Crippen MR) is 94.5 cm³/mol. The van der Waals surface area contributed by atoms with E-state index in [4.69, 9.17) is 4.74 Å². The molecule has 0 N–H and O–H groups in total. The maximum atomic E-state index is 13.3. The minimum atomic E-state index is -2.62. The Bertz CT molecular complexity index is 752. The van der Waals surface area contributed by atoms with Crippen LogP contribution in [0, 0.1) is 0 Å². The third-order valence-electron chi connectivity index (χ3n) is 4.06. The number of esters is 1. The highest BCUT2D eigenvalue weighted by Crippen LogP contribution is 2.28. The first kappa shape index (κ1) is 18.0. The van der Waals surface area contributed by atoms with E-state index in [1.165, 1.54) is 0 Å². The van der Waals surface area contributed by atoms with E-state index in [9.17, 15) is 13.6 Å². The molecule has 1 fully saturated rings. The van der Waals surface area contributed by atoms with Crippen molar-refractivity contribution in [1.29, 1.82) is 0 Å². The number of hydrogen-bond acceptors (Lipinski definition) is 3. The van der Waals surface area contributed by atoms with E-state index in [1.807, 2.05) is 36.4 Å². The molecular formula is C19H18BrF2NO2. The second kappa shape index (κ2) is 7.62. The average molecular weight is 410 g/mol. The molecule has 0 radical (unpaired) electrons. The Hall–Kier alpha value is -1.79. The number of nitrogens with zero attached hydrogens (tertiary/aromatic N) is 1. The summed E-state index contributed by atoms with van der Waals surface area (Å²) in [5.74, 6) is -3.05. The molecule has 2 aromatic carbocycles. The predicted octanol–water partition coefficient (Wildman–Crippen LogP) is 4.65. The van der Waals surface area contributed by atoms with Gasteiger partial charge in [-0.25, -0.2) is 13.6 Å². The third kappa shape index (κ3) is 5.09. The maximum Gasteiger partial charge on any atom is 0.338 e. The zero-order chi connectivity index (χ0) is 17.9. The molecule has 6 heteroatoms. The van der Waals surface area contributed by atoms with E-state index < -0.39 is 11.9 Å². The second-order valence-corrected chi connectivity index (χ2v) is 7.14. The van der Waals surface area contributed by atoms with E-state index in [0.717, 1.165) is 15.6 Å². The zero-order valence-corrected chi connectivity index (χ0v) is 15.1. The molecule has 2 aromatic rings. The molecule has 3 nitrogen and oxygen atoms in total. The number of alkyl halides is 2. The second-order valence-electron chi connectivity index (χ2n) is 6.23. The minimum absolute atomic E-state index is 0.118. The summed E-state index contributed by atoms with van der Waals surface area (Å²) in [4.78, 5) is 14.0. The Morgan fingerprint density at radius 1 is 1.16 bits per heavy atom. The summed E-state index contributed by atoms with van der Waals surface area (Å²) in [5, 5.41) is 0. The van der Waals surface area contributed by atoms with Gasteiger partial charge in [-0.1, -0.05) is 46.3 Å². The van der Waals surface area contributed by atoms with Crippen LogP contribution in [0.2, 0.25) is 0 Å². The summed E-state index contributed by atoms with van der Waals surface area (Å²) in [6.45, 7) is 0.689. The highest BCUT2D eigenvalue weighted by molar-refractivity contribution is 9.10. The van der Waals surface area contributed by atoms with Crippen molar-refractivity contribution in [2.45, 2.75) is 25.5 Å². The molecule has 132 valence electrons. The van der Waals surface area contributed by atoms with Crippen LogP contribution in [-0.2, 0) is 17.9 Å². The number of likely N-dealkylation sites (tertiary alicyclic amines) is 1. The fraction of sp³-hybridized carbons (Fsp3) is 0.316. The van der Waals surface area contributed by atoms with Crippen molar-refractivity contribution in [2.24, 2.45) is 0 Å². The molecule has 0 atom stereocenters. The summed E-state index contributed by atoms with van der Waals surface area (Å²) >= 11 is 3.37. The standard InChI is InChI=1S/C19H18BrF2NO2/c20-17-9-15(11-23-7-6-19(21,22)13-23)8-16(10-17)18(24)25-12-14-4-2-1-3-5-14/h1-5,8-10H,6-7,11-13H2. The monoisotopic (exact) mass is 409 g/mol. The van der Waals surface area contributed by atoms with Crippen LogP contribution in [-0.4, -0.2) is 29.9 Å². The van der Waals surface area contributed by atoms with Gasteiger partial charge in [-0.2, -0.15) is 0 Å². The zero-order valence-electron chi connectivity index (χ0n) is 13.6. The number of rotatable bonds is 5. The van der Waals surface area contributed by atoms with Gasteiger partial charge >= 0.3 is 5.97 Å². The van der Waals surface area contributed by atoms with Gasteiger partial charge in [0.25, 0.3) is 5.92 Å². The van der Waals surface area contributed by atoms with Gasteiger partial charge in [0.1, 0.15) is 6.61 Å². The molecule has 0 aliphatic carbocycles. The Morgan fingerprint density at radius 3 is 2.60 bits per heavy atom. The van der Waals surface area contributed by atoms with E-state index in [0.29, 0.717) is 18.7 Å². The SMILES string of the molecule is O=C(OCc1ccccc1)c1cc(Br)cc(CN2CCC(F)(F)C2)c1. The van der Waals surface area contributed by atoms with Gasteiger partial charge < -0.3 is 4.74 Å². The van der Waals surface area contributed by atoms with E-state index in [-0.39, 0.29) is 19.6 Å². The molecular weight excluding hydrogens is 392 g/mol. The Labute approximate surface area is 153 Å². The van der Waals surface area contributed by atoms with Gasteiger partial charge in [0.2, 0.25) is 0 Å². The van der Waals surface area contributed by atoms with Gasteiger partial charge in [-0.05, 0) is 29.3 Å². The molecule has 1 heterocycles. The first-order valence-corrected chi connectivity index (χ1v) is 8.81. The van der Waals surface area contributed by atoms with E-state index in [1.54, 1.807) is 17.0 Å². The van der Waals surface area contributed by atoms with Crippen molar-refractivity contribution in [1.82, 2.24) is 4.90 Å². The number of halogens is 3. The average Bonchev–Trinajstić information content (AvgIpc) is 2.91. The molecule has 0 unspecified atom stereocenters. The third-order valence-corrected chi connectivity index (χ3v) is 4.52. The van der Waals surface area contributed by atoms with Crippen molar-refractivity contribution in [3.8, 4) is 0 Å². The molecule has 1 saturated heterocycles. The smallest absolute Gasteiger partial charge is 0.338 e. The molecule has 1 aliphatic rings. The number of hydrogen-bond donors (Lipinski definition) is 0. The molecule has 3 rings (SSSR count). The van der Waals surface area contributed by atoms with Crippen LogP contribution >= 0.6 is 15.9 Å². The van der Waals surface area contributed by atoms with E-state index >= 15 is 0 Å². The molecule has 0 bridgehead atoms. The largest absolute Gasteiger partial charge is 0.457 e. The van der Waals surface area contributed by atoms with Gasteiger partial charge in [0.05, 0.1) is 12.1 Å². The normalized spacial score (nSPS) is 16.8. The number of ether oxygens (including phenoxy) is 1. The van der Waals surface area contributed by atoms with Gasteiger partial charge in [0, 0.05) is 24.0 Å². The minimum Gasteiger partial charge on any atom is -0.457 e. The summed E-state index contributed by atoms with van der Waals surface area (Å²) in [5.41, 5.74) is 2.12. The van der Waals surface area contributed by atoms with E-state index in [2.05, 4.69) is 15.9 Å². The highest BCUT2D eigenvalue weighted by Gasteiger charge is 2.37. The Kier molecular flexibility index (Phi) is 5.49. The first-order valence-electron chi connectivity index (χ1n) is 8.02. The molecule has 0 aromatic heterocycles. The van der Waals surface area contributed by atoms with Crippen molar-refractivity contribution in [3.63, 3.8) is 0 Å². The lowest BCUT2D eigenvalue weighted by atomic mass is 10.1. The van der Waals surface area contributed by atoms with Crippen LogP contribution in [0.25, 0.3) is 0 Å². The number of benzene rings is 2. The topological polar surface area (TPSA) is 29.5 Å². The molecule has 0 saturated carbocycles. The van der Waals surface area contributed by atoms with Crippen LogP contribution in [0.15, 0.2) is 53.0 Å². The van der Waals surface area contributed by atoms with Crippen molar-refractivity contribution >= 4 is 21.9 Å². The quantitative estimate of drug-likeness (QED) is 0.673. The molecule has 0 spiro atoms. The molecule has 1 aliphatic heterocycles. The van der Waals surface area contributed by atoms with Gasteiger partial charge in [0.15, 0.2) is 0 Å². The van der Waals surface area contributed by atoms with Crippen molar-refractivity contribution in [3.05, 3.63) is 69.7 Å². The lowest BCUT2D eigenvalue weighted by molar-refractivity contribution is 0.0114. The van der Waals surface area contributed by atoms with Gasteiger partial charge in [-0.3, -0.25) is 4.90 Å². The summed E-state index contributed by atoms with van der Waals surface area (Å²) in [6, 6.07) is 14.6. The lowest BCUT2D eigenvalue weighted by Gasteiger charge is -2.16. The number of carbonyl (C=O) groups excluding carboxylic acids is 1. The van der Waals surface area contributed by atoms with Crippen molar-refractivity contribution < 1.29 is 18.3 Å². The first-order chi connectivity index (χ1) is 11.9. The van der Waals surface area contributed by atoms with Gasteiger partial charge in [-0.15, -0.1) is 0 Å². The number of carbonyl (C=O) groups is 1. The molecule has 25 heavy (non-hydrogen) atoms. The lowest BCUT2D eigenvalue weighted by Crippen LogP contribution is -2.25. The maximum absolute atomic E-state index is 13.3. The van der Waals surface area contributed by atoms with Crippen LogP contribution in [0.4, 0.5) is 8.78 Å². The van der Waals surface area contributed by atoms with Crippen LogP contribution in [0.3, 0.4) is 0 Å². The fourth-order valence-electron chi connectivity index (χ4n) is 2.87. The summed E-state index contributed by atoms with van der Waals surface area (Å²) in [7, 11) is 0. The van der Waals surface area contributed by atoms with Crippen molar-refractivity contribution in [2.75, 3.05) is 13.1 Å². The Morgan fingerprint density at radius 2 is 1.92 bits per heavy atom.